The molecule has 2 aromatic rings. The van der Waals surface area contributed by atoms with Crippen LogP contribution in [0.3, 0.4) is 0 Å². The number of rotatable bonds is 9. The number of thiophene rings is 1. The smallest absolute Gasteiger partial charge is 0.250 e. The van der Waals surface area contributed by atoms with Gasteiger partial charge in [-0.15, -0.1) is 11.3 Å². The molecular weight excluding hydrogens is 340 g/mol. The largest absolute Gasteiger partial charge is 0.375 e. The molecule has 1 heterocycles. The van der Waals surface area contributed by atoms with Crippen molar-refractivity contribution in [1.29, 1.82) is 0 Å². The molecule has 2 rings (SSSR count). The van der Waals surface area contributed by atoms with Crippen LogP contribution in [0.2, 0.25) is 0 Å². The summed E-state index contributed by atoms with van der Waals surface area (Å²) in [4.78, 5) is 35.9. The third kappa shape index (κ3) is 6.48. The molecule has 132 valence electrons. The normalized spacial score (nSPS) is 10.3. The van der Waals surface area contributed by atoms with E-state index in [1.54, 1.807) is 24.3 Å². The van der Waals surface area contributed by atoms with Gasteiger partial charge in [0.25, 0.3) is 0 Å². The minimum Gasteiger partial charge on any atom is -0.375 e. The van der Waals surface area contributed by atoms with Crippen molar-refractivity contribution in [3.63, 3.8) is 0 Å². The van der Waals surface area contributed by atoms with Crippen molar-refractivity contribution >= 4 is 34.6 Å². The average molecular weight is 360 g/mol. The van der Waals surface area contributed by atoms with E-state index in [0.717, 1.165) is 5.56 Å². The van der Waals surface area contributed by atoms with E-state index >= 15 is 0 Å². The number of Topliss-reactive ketones (excluding diaryl/α,β-unsaturated/α-hetero) is 1. The summed E-state index contributed by atoms with van der Waals surface area (Å²) in [5.74, 6) is -0.442. The number of ether oxygens (including phenoxy) is 1. The molecule has 2 amide bonds. The van der Waals surface area contributed by atoms with E-state index < -0.39 is 0 Å². The van der Waals surface area contributed by atoms with Gasteiger partial charge in [-0.3, -0.25) is 14.4 Å². The minimum atomic E-state index is -0.240. The highest BCUT2D eigenvalue weighted by Crippen LogP contribution is 2.13. The maximum atomic E-state index is 11.9. The molecule has 25 heavy (non-hydrogen) atoms. The molecule has 0 aliphatic carbocycles. The van der Waals surface area contributed by atoms with E-state index in [4.69, 9.17) is 4.74 Å². The Hall–Kier alpha value is -2.51. The first kappa shape index (κ1) is 18.8. The summed E-state index contributed by atoms with van der Waals surface area (Å²) in [6.07, 6.45) is 0.348. The van der Waals surface area contributed by atoms with Crippen LogP contribution in [0.25, 0.3) is 0 Å². The molecule has 0 radical (unpaired) electrons. The molecule has 1 aromatic heterocycles. The van der Waals surface area contributed by atoms with Crippen LogP contribution in [0.4, 0.5) is 5.69 Å². The van der Waals surface area contributed by atoms with Crippen LogP contribution in [-0.2, 0) is 20.9 Å². The van der Waals surface area contributed by atoms with Crippen molar-refractivity contribution in [1.82, 2.24) is 5.32 Å². The number of hydrogen-bond donors (Lipinski definition) is 2. The first-order chi connectivity index (χ1) is 12.1. The number of benzene rings is 1. The van der Waals surface area contributed by atoms with Crippen molar-refractivity contribution < 1.29 is 19.1 Å². The number of methoxy groups -OCH3 is 1. The quantitative estimate of drug-likeness (QED) is 0.673. The van der Waals surface area contributed by atoms with Crippen LogP contribution < -0.4 is 10.6 Å². The Morgan fingerprint density at radius 1 is 1.08 bits per heavy atom. The van der Waals surface area contributed by atoms with Gasteiger partial charge in [-0.25, -0.2) is 0 Å². The topological polar surface area (TPSA) is 84.5 Å². The maximum Gasteiger partial charge on any atom is 0.250 e. The molecule has 0 atom stereocenters. The van der Waals surface area contributed by atoms with Crippen molar-refractivity contribution in [3.05, 3.63) is 52.2 Å². The van der Waals surface area contributed by atoms with Crippen molar-refractivity contribution in [3.8, 4) is 0 Å². The van der Waals surface area contributed by atoms with Crippen molar-refractivity contribution in [2.75, 3.05) is 19.0 Å². The van der Waals surface area contributed by atoms with E-state index in [1.807, 2.05) is 17.5 Å². The lowest BCUT2D eigenvalue weighted by Gasteiger charge is -2.08. The predicted octanol–water partition coefficient (Wildman–Crippen LogP) is 2.61. The van der Waals surface area contributed by atoms with Gasteiger partial charge in [0, 0.05) is 32.2 Å². The van der Waals surface area contributed by atoms with Gasteiger partial charge in [0.15, 0.2) is 5.78 Å². The number of carbonyl (C=O) groups is 3. The van der Waals surface area contributed by atoms with Crippen molar-refractivity contribution in [2.45, 2.75) is 19.4 Å². The molecule has 0 aliphatic heterocycles. The average Bonchev–Trinajstić information content (AvgIpc) is 3.13. The molecule has 0 saturated carbocycles. The zero-order chi connectivity index (χ0) is 18.1. The lowest BCUT2D eigenvalue weighted by atomic mass is 10.1. The van der Waals surface area contributed by atoms with Crippen LogP contribution in [-0.4, -0.2) is 31.3 Å². The minimum absolute atomic E-state index is 0.0147. The summed E-state index contributed by atoms with van der Waals surface area (Å²) in [7, 11) is 1.45. The Balaban J connectivity index is 1.77. The van der Waals surface area contributed by atoms with E-state index in [2.05, 4.69) is 10.6 Å². The number of hydrogen-bond acceptors (Lipinski definition) is 5. The lowest BCUT2D eigenvalue weighted by Crippen LogP contribution is -2.23. The first-order valence-electron chi connectivity index (χ1n) is 7.79. The Morgan fingerprint density at radius 2 is 1.92 bits per heavy atom. The fourth-order valence-corrected chi connectivity index (χ4v) is 2.86. The van der Waals surface area contributed by atoms with Crippen LogP contribution in [0.1, 0.15) is 28.1 Å². The number of ketones is 1. The van der Waals surface area contributed by atoms with Gasteiger partial charge in [-0.2, -0.15) is 0 Å². The molecule has 6 nitrogen and oxygen atoms in total. The predicted molar refractivity (Wildman–Crippen MR) is 96.7 cm³/mol. The second-order valence-electron chi connectivity index (χ2n) is 5.36. The van der Waals surface area contributed by atoms with Gasteiger partial charge in [0.1, 0.15) is 6.61 Å². The summed E-state index contributed by atoms with van der Waals surface area (Å²) in [6.45, 7) is 0.319. The van der Waals surface area contributed by atoms with Gasteiger partial charge < -0.3 is 15.4 Å². The highest BCUT2D eigenvalue weighted by molar-refractivity contribution is 7.12. The second kappa shape index (κ2) is 9.71. The monoisotopic (exact) mass is 360 g/mol. The Labute approximate surface area is 150 Å². The summed E-state index contributed by atoms with van der Waals surface area (Å²) >= 11 is 1.38. The first-order valence-corrected chi connectivity index (χ1v) is 8.67. The fourth-order valence-electron chi connectivity index (χ4n) is 2.16. The third-order valence-corrected chi connectivity index (χ3v) is 4.26. The van der Waals surface area contributed by atoms with E-state index in [1.165, 1.54) is 18.4 Å². The van der Waals surface area contributed by atoms with E-state index in [9.17, 15) is 14.4 Å². The Kier molecular flexibility index (Phi) is 7.31. The van der Waals surface area contributed by atoms with E-state index in [-0.39, 0.29) is 37.0 Å². The lowest BCUT2D eigenvalue weighted by molar-refractivity contribution is -0.121. The van der Waals surface area contributed by atoms with Crippen molar-refractivity contribution in [2.24, 2.45) is 0 Å². The molecule has 0 saturated heterocycles. The van der Waals surface area contributed by atoms with Gasteiger partial charge in [0.05, 0.1) is 4.88 Å². The maximum absolute atomic E-state index is 11.9. The fraction of sp³-hybridized carbons (Fsp3) is 0.278. The SMILES string of the molecule is COCC(=O)Nc1cccc(CNC(=O)CCC(=O)c2cccs2)c1. The molecular formula is C18H20N2O4S. The zero-order valence-corrected chi connectivity index (χ0v) is 14.7. The highest BCUT2D eigenvalue weighted by atomic mass is 32.1. The van der Waals surface area contributed by atoms with Gasteiger partial charge in [-0.1, -0.05) is 18.2 Å². The summed E-state index contributed by atoms with van der Waals surface area (Å²) < 4.78 is 4.76. The number of carbonyl (C=O) groups excluding carboxylic acids is 3. The van der Waals surface area contributed by atoms with Gasteiger partial charge in [0.2, 0.25) is 11.8 Å². The highest BCUT2D eigenvalue weighted by Gasteiger charge is 2.10. The second-order valence-corrected chi connectivity index (χ2v) is 6.31. The van der Waals surface area contributed by atoms with Gasteiger partial charge >= 0.3 is 0 Å². The van der Waals surface area contributed by atoms with Crippen LogP contribution >= 0.6 is 11.3 Å². The standard InChI is InChI=1S/C18H20N2O4S/c1-24-12-18(23)20-14-5-2-4-13(10-14)11-19-17(22)8-7-15(21)16-6-3-9-25-16/h2-6,9-10H,7-8,11-12H2,1H3,(H,19,22)(H,20,23). The summed E-state index contributed by atoms with van der Waals surface area (Å²) in [5.41, 5.74) is 1.50. The molecule has 0 unspecified atom stereocenters. The van der Waals surface area contributed by atoms with Crippen LogP contribution in [0.5, 0.6) is 0 Å². The molecule has 2 N–H and O–H groups in total. The molecule has 7 heteroatoms. The Morgan fingerprint density at radius 3 is 2.64 bits per heavy atom. The molecule has 0 fully saturated rings. The Bertz CT molecular complexity index is 728. The molecule has 0 aliphatic rings. The van der Waals surface area contributed by atoms with Crippen LogP contribution in [0, 0.1) is 0 Å². The number of amides is 2. The number of anilines is 1. The van der Waals surface area contributed by atoms with Gasteiger partial charge in [-0.05, 0) is 29.1 Å². The molecule has 0 bridgehead atoms. The van der Waals surface area contributed by atoms with E-state index in [0.29, 0.717) is 17.1 Å². The summed E-state index contributed by atoms with van der Waals surface area (Å²) in [5, 5.41) is 7.33. The van der Waals surface area contributed by atoms with Crippen LogP contribution in [0.15, 0.2) is 41.8 Å². The molecule has 0 spiro atoms. The molecule has 1 aromatic carbocycles. The summed E-state index contributed by atoms with van der Waals surface area (Å²) in [6, 6.07) is 10.8. The number of nitrogens with one attached hydrogen (secondary N) is 2. The third-order valence-electron chi connectivity index (χ3n) is 3.35. The zero-order valence-electron chi connectivity index (χ0n) is 13.9.